The van der Waals surface area contributed by atoms with Crippen molar-refractivity contribution in [3.63, 3.8) is 0 Å². The molecule has 1 unspecified atom stereocenters. The van der Waals surface area contributed by atoms with Crippen LogP contribution in [0.1, 0.15) is 54.1 Å². The van der Waals surface area contributed by atoms with Crippen molar-refractivity contribution in [2.45, 2.75) is 56.2 Å². The summed E-state index contributed by atoms with van der Waals surface area (Å²) in [6, 6.07) is 14.2. The minimum Gasteiger partial charge on any atom is -0.336 e. The van der Waals surface area contributed by atoms with Gasteiger partial charge in [-0.1, -0.05) is 36.8 Å². The van der Waals surface area contributed by atoms with Crippen molar-refractivity contribution in [2.75, 3.05) is 6.54 Å². The van der Waals surface area contributed by atoms with E-state index in [4.69, 9.17) is 0 Å². The van der Waals surface area contributed by atoms with Crippen LogP contribution in [0.4, 0.5) is 0 Å². The number of rotatable bonds is 5. The first-order chi connectivity index (χ1) is 12.9. The van der Waals surface area contributed by atoms with Crippen LogP contribution >= 0.6 is 0 Å². The second-order valence-corrected chi connectivity index (χ2v) is 9.32. The number of hydrogen-bond acceptors (Lipinski definition) is 3. The fourth-order valence-corrected chi connectivity index (χ4v) is 5.00. The summed E-state index contributed by atoms with van der Waals surface area (Å²) in [7, 11) is -3.39. The Balaban J connectivity index is 1.73. The maximum atomic E-state index is 12.8. The van der Waals surface area contributed by atoms with Gasteiger partial charge < -0.3 is 4.90 Å². The average Bonchev–Trinajstić information content (AvgIpc) is 2.68. The lowest BCUT2D eigenvalue weighted by Gasteiger charge is -2.35. The fourth-order valence-electron chi connectivity index (χ4n) is 3.65. The zero-order chi connectivity index (χ0) is 19.4. The largest absolute Gasteiger partial charge is 0.336 e. The van der Waals surface area contributed by atoms with Crippen LogP contribution in [0.3, 0.4) is 0 Å². The van der Waals surface area contributed by atoms with Crippen molar-refractivity contribution in [2.24, 2.45) is 0 Å². The van der Waals surface area contributed by atoms with Crippen molar-refractivity contribution in [1.29, 1.82) is 0 Å². The number of likely N-dealkylation sites (tertiary alicyclic amines) is 1. The van der Waals surface area contributed by atoms with Gasteiger partial charge in [0, 0.05) is 18.2 Å². The molecule has 4 nitrogen and oxygen atoms in total. The molecule has 1 aliphatic rings. The van der Waals surface area contributed by atoms with E-state index < -0.39 is 9.84 Å². The predicted molar refractivity (Wildman–Crippen MR) is 107 cm³/mol. The van der Waals surface area contributed by atoms with Gasteiger partial charge >= 0.3 is 0 Å². The van der Waals surface area contributed by atoms with Gasteiger partial charge in [0.2, 0.25) is 0 Å². The molecule has 144 valence electrons. The van der Waals surface area contributed by atoms with E-state index in [9.17, 15) is 13.2 Å². The maximum Gasteiger partial charge on any atom is 0.254 e. The normalized spacial score (nSPS) is 17.7. The van der Waals surface area contributed by atoms with Crippen molar-refractivity contribution < 1.29 is 13.2 Å². The number of amides is 1. The Morgan fingerprint density at radius 2 is 1.70 bits per heavy atom. The molecule has 3 rings (SSSR count). The lowest BCUT2D eigenvalue weighted by atomic mass is 9.98. The highest BCUT2D eigenvalue weighted by atomic mass is 32.2. The number of sulfone groups is 1. The Morgan fingerprint density at radius 3 is 2.33 bits per heavy atom. The first-order valence-corrected chi connectivity index (χ1v) is 11.3. The summed E-state index contributed by atoms with van der Waals surface area (Å²) in [6.45, 7) is 4.85. The zero-order valence-corrected chi connectivity index (χ0v) is 16.8. The average molecular weight is 386 g/mol. The summed E-state index contributed by atoms with van der Waals surface area (Å²) in [6.07, 6.45) is 4.26. The van der Waals surface area contributed by atoms with E-state index in [1.54, 1.807) is 48.5 Å². The molecule has 5 heteroatoms. The number of hydrogen-bond donors (Lipinski definition) is 0. The van der Waals surface area contributed by atoms with Crippen LogP contribution in [0.5, 0.6) is 0 Å². The Bertz CT molecular complexity index is 886. The van der Waals surface area contributed by atoms with Crippen LogP contribution in [0, 0.1) is 6.92 Å². The Labute approximate surface area is 162 Å². The first kappa shape index (κ1) is 19.6. The van der Waals surface area contributed by atoms with E-state index in [0.717, 1.165) is 31.4 Å². The van der Waals surface area contributed by atoms with E-state index in [1.165, 1.54) is 6.42 Å². The molecule has 1 aliphatic heterocycles. The summed E-state index contributed by atoms with van der Waals surface area (Å²) in [5.41, 5.74) is 2.35. The van der Waals surface area contributed by atoms with Crippen LogP contribution in [0.2, 0.25) is 0 Å². The molecule has 0 bridgehead atoms. The third kappa shape index (κ3) is 4.59. The first-order valence-electron chi connectivity index (χ1n) is 9.60. The van der Waals surface area contributed by atoms with Gasteiger partial charge in [-0.05, 0) is 62.4 Å². The SMILES string of the molecule is CCC1CCCCN1C(=O)c1ccc(CS(=O)(=O)c2ccc(C)cc2)cc1. The maximum absolute atomic E-state index is 12.8. The lowest BCUT2D eigenvalue weighted by Crippen LogP contribution is -2.43. The minimum absolute atomic E-state index is 0.0505. The number of nitrogens with zero attached hydrogens (tertiary/aromatic N) is 1. The molecule has 27 heavy (non-hydrogen) atoms. The molecule has 1 atom stereocenters. The third-order valence-corrected chi connectivity index (χ3v) is 7.00. The molecular formula is C22H27NO3S. The van der Waals surface area contributed by atoms with Crippen molar-refractivity contribution in [1.82, 2.24) is 4.90 Å². The van der Waals surface area contributed by atoms with Crippen LogP contribution in [-0.4, -0.2) is 31.8 Å². The Kier molecular flexibility index (Phi) is 6.00. The van der Waals surface area contributed by atoms with Gasteiger partial charge in [0.05, 0.1) is 10.6 Å². The molecule has 0 aromatic heterocycles. The van der Waals surface area contributed by atoms with Crippen molar-refractivity contribution in [3.05, 3.63) is 65.2 Å². The number of aryl methyl sites for hydroxylation is 1. The Hall–Kier alpha value is -2.14. The van der Waals surface area contributed by atoms with Gasteiger partial charge in [-0.2, -0.15) is 0 Å². The van der Waals surface area contributed by atoms with E-state index in [-0.39, 0.29) is 11.7 Å². The molecule has 2 aromatic carbocycles. The number of carbonyl (C=O) groups excluding carboxylic acids is 1. The lowest BCUT2D eigenvalue weighted by molar-refractivity contribution is 0.0608. The monoisotopic (exact) mass is 385 g/mol. The number of piperidine rings is 1. The van der Waals surface area contributed by atoms with Crippen molar-refractivity contribution >= 4 is 15.7 Å². The van der Waals surface area contributed by atoms with Gasteiger partial charge in [-0.3, -0.25) is 4.79 Å². The summed E-state index contributed by atoms with van der Waals surface area (Å²) < 4.78 is 25.2. The van der Waals surface area contributed by atoms with Crippen LogP contribution in [-0.2, 0) is 15.6 Å². The minimum atomic E-state index is -3.39. The molecule has 0 saturated carbocycles. The second-order valence-electron chi connectivity index (χ2n) is 7.33. The highest BCUT2D eigenvalue weighted by molar-refractivity contribution is 7.90. The topological polar surface area (TPSA) is 54.5 Å². The van der Waals surface area contributed by atoms with Gasteiger partial charge in [0.1, 0.15) is 0 Å². The standard InChI is InChI=1S/C22H27NO3S/c1-3-20-6-4-5-15-23(20)22(24)19-11-9-18(10-12-19)16-27(25,26)21-13-7-17(2)8-14-21/h7-14,20H,3-6,15-16H2,1-2H3. The second kappa shape index (κ2) is 8.26. The summed E-state index contributed by atoms with van der Waals surface area (Å²) >= 11 is 0. The number of carbonyl (C=O) groups is 1. The molecule has 2 aromatic rings. The highest BCUT2D eigenvalue weighted by Crippen LogP contribution is 2.23. The fraction of sp³-hybridized carbons (Fsp3) is 0.409. The van der Waals surface area contributed by atoms with E-state index >= 15 is 0 Å². The molecule has 0 N–H and O–H groups in total. The molecule has 0 radical (unpaired) electrons. The number of benzene rings is 2. The quantitative estimate of drug-likeness (QED) is 0.768. The van der Waals surface area contributed by atoms with Gasteiger partial charge in [0.25, 0.3) is 5.91 Å². The van der Waals surface area contributed by atoms with Crippen molar-refractivity contribution in [3.8, 4) is 0 Å². The van der Waals surface area contributed by atoms with Gasteiger partial charge in [0.15, 0.2) is 9.84 Å². The predicted octanol–water partition coefficient (Wildman–Crippen LogP) is 4.37. The summed E-state index contributed by atoms with van der Waals surface area (Å²) in [4.78, 5) is 15.1. The molecule has 1 amide bonds. The molecule has 0 aliphatic carbocycles. The molecular weight excluding hydrogens is 358 g/mol. The third-order valence-electron chi connectivity index (χ3n) is 5.30. The van der Waals surface area contributed by atoms with Crippen LogP contribution < -0.4 is 0 Å². The zero-order valence-electron chi connectivity index (χ0n) is 16.0. The Morgan fingerprint density at radius 1 is 1.04 bits per heavy atom. The van der Waals surface area contributed by atoms with Gasteiger partial charge in [-0.25, -0.2) is 8.42 Å². The van der Waals surface area contributed by atoms with Crippen LogP contribution in [0.15, 0.2) is 53.4 Å². The highest BCUT2D eigenvalue weighted by Gasteiger charge is 2.26. The molecule has 1 heterocycles. The smallest absolute Gasteiger partial charge is 0.254 e. The molecule has 1 fully saturated rings. The molecule has 0 spiro atoms. The van der Waals surface area contributed by atoms with Crippen LogP contribution in [0.25, 0.3) is 0 Å². The van der Waals surface area contributed by atoms with E-state index in [0.29, 0.717) is 22.1 Å². The van der Waals surface area contributed by atoms with E-state index in [1.807, 2.05) is 11.8 Å². The summed E-state index contributed by atoms with van der Waals surface area (Å²) in [5.74, 6) is -0.0132. The molecule has 1 saturated heterocycles. The van der Waals surface area contributed by atoms with E-state index in [2.05, 4.69) is 6.92 Å². The summed E-state index contributed by atoms with van der Waals surface area (Å²) in [5, 5.41) is 0. The van der Waals surface area contributed by atoms with Gasteiger partial charge in [-0.15, -0.1) is 0 Å².